The van der Waals surface area contributed by atoms with Crippen LogP contribution in [0, 0.1) is 0 Å². The molecule has 0 saturated carbocycles. The fourth-order valence-corrected chi connectivity index (χ4v) is 3.94. The molecule has 0 aliphatic carbocycles. The Morgan fingerprint density at radius 1 is 1.25 bits per heavy atom. The Kier molecular flexibility index (Phi) is 8.03. The van der Waals surface area contributed by atoms with E-state index >= 15 is 0 Å². The van der Waals surface area contributed by atoms with Gasteiger partial charge in [0, 0.05) is 31.9 Å². The third kappa shape index (κ3) is 5.36. The van der Waals surface area contributed by atoms with Crippen LogP contribution in [0.2, 0.25) is 0 Å². The molecular weight excluding hydrogens is 432 g/mol. The van der Waals surface area contributed by atoms with Gasteiger partial charge in [-0.3, -0.25) is 14.4 Å². The molecule has 2 aromatic rings. The molecule has 2 amide bonds. The van der Waals surface area contributed by atoms with Gasteiger partial charge in [0.05, 0.1) is 10.9 Å². The first-order valence-corrected chi connectivity index (χ1v) is 11.9. The van der Waals surface area contributed by atoms with E-state index in [1.54, 1.807) is 23.9 Å². The summed E-state index contributed by atoms with van der Waals surface area (Å²) in [5.41, 5.74) is 0.254. The Morgan fingerprint density at radius 3 is 2.62 bits per heavy atom. The number of amides is 2. The van der Waals surface area contributed by atoms with E-state index < -0.39 is 17.4 Å². The zero-order valence-corrected chi connectivity index (χ0v) is 19.7. The van der Waals surface area contributed by atoms with Crippen molar-refractivity contribution in [3.05, 3.63) is 34.1 Å². The molecule has 3 rings (SSSR count). The average Bonchev–Trinajstić information content (AvgIpc) is 3.23. The van der Waals surface area contributed by atoms with Crippen molar-refractivity contribution in [2.75, 3.05) is 46.0 Å². The van der Waals surface area contributed by atoms with Crippen LogP contribution in [0.1, 0.15) is 23.7 Å². The van der Waals surface area contributed by atoms with Crippen molar-refractivity contribution in [1.82, 2.24) is 20.1 Å². The van der Waals surface area contributed by atoms with Crippen LogP contribution in [0.15, 0.2) is 23.1 Å². The Morgan fingerprint density at radius 2 is 1.97 bits per heavy atom. The van der Waals surface area contributed by atoms with Gasteiger partial charge in [-0.05, 0) is 45.5 Å². The van der Waals surface area contributed by atoms with Crippen LogP contribution in [-0.4, -0.2) is 73.3 Å². The first-order valence-electron chi connectivity index (χ1n) is 10.5. The molecule has 32 heavy (non-hydrogen) atoms. The molecular formula is C22H30N4O5S. The standard InChI is InChI=1S/C22H30N4O5S/c1-5-26-12-15(20(27)14-10-18-19(11-17(14)26)31-13-30-18)21(28)24-16(6-9-32-4)22(29)23-7-8-25(2)3/h10-12,16H,5-9,13H2,1-4H3,(H,23,29)(H,24,28)/t16-/m0/s1. The predicted octanol–water partition coefficient (Wildman–Crippen LogP) is 1.28. The highest BCUT2D eigenvalue weighted by molar-refractivity contribution is 7.98. The molecule has 1 atom stereocenters. The largest absolute Gasteiger partial charge is 0.454 e. The quantitative estimate of drug-likeness (QED) is 0.548. The number of nitrogens with one attached hydrogen (secondary N) is 2. The Balaban J connectivity index is 1.88. The van der Waals surface area contributed by atoms with Crippen molar-refractivity contribution in [2.45, 2.75) is 25.9 Å². The van der Waals surface area contributed by atoms with Crippen LogP contribution in [0.4, 0.5) is 0 Å². The molecule has 1 aliphatic heterocycles. The number of aryl methyl sites for hydroxylation is 1. The summed E-state index contributed by atoms with van der Waals surface area (Å²) in [6.07, 6.45) is 3.95. The molecule has 10 heteroatoms. The van der Waals surface area contributed by atoms with Gasteiger partial charge in [-0.1, -0.05) is 0 Å². The summed E-state index contributed by atoms with van der Waals surface area (Å²) in [6, 6.07) is 2.64. The van der Waals surface area contributed by atoms with Crippen LogP contribution < -0.4 is 25.5 Å². The molecule has 0 bridgehead atoms. The second-order valence-corrected chi connectivity index (χ2v) is 8.77. The Hall–Kier alpha value is -2.72. The number of thioether (sulfide) groups is 1. The maximum atomic E-state index is 13.2. The van der Waals surface area contributed by atoms with Gasteiger partial charge in [-0.25, -0.2) is 0 Å². The number of ether oxygens (including phenoxy) is 2. The average molecular weight is 463 g/mol. The molecule has 1 aromatic heterocycles. The van der Waals surface area contributed by atoms with Crippen LogP contribution in [0.5, 0.6) is 11.5 Å². The summed E-state index contributed by atoms with van der Waals surface area (Å²) in [7, 11) is 3.84. The fourth-order valence-electron chi connectivity index (χ4n) is 3.47. The van der Waals surface area contributed by atoms with Crippen LogP contribution in [0.3, 0.4) is 0 Å². The van der Waals surface area contributed by atoms with Gasteiger partial charge in [0.2, 0.25) is 18.1 Å². The molecule has 2 heterocycles. The number of hydrogen-bond acceptors (Lipinski definition) is 7. The number of carbonyl (C=O) groups excluding carboxylic acids is 2. The van der Waals surface area contributed by atoms with Crippen molar-refractivity contribution >= 4 is 34.5 Å². The van der Waals surface area contributed by atoms with Gasteiger partial charge in [0.25, 0.3) is 5.91 Å². The minimum Gasteiger partial charge on any atom is -0.454 e. The van der Waals surface area contributed by atoms with Gasteiger partial charge in [0.15, 0.2) is 11.5 Å². The van der Waals surface area contributed by atoms with E-state index in [1.165, 1.54) is 6.20 Å². The van der Waals surface area contributed by atoms with Gasteiger partial charge in [-0.15, -0.1) is 0 Å². The third-order valence-electron chi connectivity index (χ3n) is 5.25. The predicted molar refractivity (Wildman–Crippen MR) is 126 cm³/mol. The maximum Gasteiger partial charge on any atom is 0.257 e. The lowest BCUT2D eigenvalue weighted by Gasteiger charge is -2.19. The van der Waals surface area contributed by atoms with Crippen molar-refractivity contribution < 1.29 is 19.1 Å². The summed E-state index contributed by atoms with van der Waals surface area (Å²) < 4.78 is 12.6. The number of carbonyl (C=O) groups is 2. The first-order chi connectivity index (χ1) is 15.3. The molecule has 1 aliphatic rings. The second-order valence-electron chi connectivity index (χ2n) is 7.78. The summed E-state index contributed by atoms with van der Waals surface area (Å²) in [5, 5.41) is 6.00. The lowest BCUT2D eigenvalue weighted by molar-refractivity contribution is -0.123. The van der Waals surface area contributed by atoms with Gasteiger partial charge in [0.1, 0.15) is 11.6 Å². The number of pyridine rings is 1. The molecule has 1 aromatic carbocycles. The zero-order chi connectivity index (χ0) is 23.3. The Bertz CT molecular complexity index is 1050. The van der Waals surface area contributed by atoms with E-state index in [0.29, 0.717) is 54.2 Å². The summed E-state index contributed by atoms with van der Waals surface area (Å²) in [6.45, 7) is 3.74. The number of fused-ring (bicyclic) bond motifs is 2. The lowest BCUT2D eigenvalue weighted by atomic mass is 10.1. The highest BCUT2D eigenvalue weighted by Gasteiger charge is 2.24. The molecule has 2 N–H and O–H groups in total. The first kappa shape index (κ1) is 23.9. The summed E-state index contributed by atoms with van der Waals surface area (Å²) in [5.74, 6) is 0.933. The smallest absolute Gasteiger partial charge is 0.257 e. The number of aromatic nitrogens is 1. The molecule has 0 saturated heterocycles. The molecule has 0 spiro atoms. The zero-order valence-electron chi connectivity index (χ0n) is 18.9. The highest BCUT2D eigenvalue weighted by atomic mass is 32.2. The van der Waals surface area contributed by atoms with Crippen LogP contribution in [-0.2, 0) is 11.3 Å². The van der Waals surface area contributed by atoms with Gasteiger partial charge in [-0.2, -0.15) is 11.8 Å². The molecule has 174 valence electrons. The van der Waals surface area contributed by atoms with Crippen molar-refractivity contribution in [1.29, 1.82) is 0 Å². The summed E-state index contributed by atoms with van der Waals surface area (Å²) in [4.78, 5) is 40.9. The number of hydrogen-bond donors (Lipinski definition) is 2. The highest BCUT2D eigenvalue weighted by Crippen LogP contribution is 2.35. The van der Waals surface area contributed by atoms with E-state index in [9.17, 15) is 14.4 Å². The fraction of sp³-hybridized carbons (Fsp3) is 0.500. The minimum atomic E-state index is -0.723. The molecule has 0 unspecified atom stereocenters. The van der Waals surface area contributed by atoms with Crippen LogP contribution >= 0.6 is 11.8 Å². The van der Waals surface area contributed by atoms with E-state index in [0.717, 1.165) is 0 Å². The lowest BCUT2D eigenvalue weighted by Crippen LogP contribution is -2.49. The van der Waals surface area contributed by atoms with Crippen molar-refractivity contribution in [3.63, 3.8) is 0 Å². The SMILES string of the molecule is CCn1cc(C(=O)N[C@@H](CCSC)C(=O)NCCN(C)C)c(=O)c2cc3c(cc21)OCO3. The number of nitrogens with zero attached hydrogens (tertiary/aromatic N) is 2. The van der Waals surface area contributed by atoms with Crippen molar-refractivity contribution in [2.24, 2.45) is 0 Å². The second kappa shape index (κ2) is 10.7. The third-order valence-corrected chi connectivity index (χ3v) is 5.89. The van der Waals surface area contributed by atoms with E-state index in [-0.39, 0.29) is 18.3 Å². The summed E-state index contributed by atoms with van der Waals surface area (Å²) >= 11 is 1.59. The Labute approximate surface area is 191 Å². The maximum absolute atomic E-state index is 13.2. The minimum absolute atomic E-state index is 0.00606. The van der Waals surface area contributed by atoms with Crippen molar-refractivity contribution in [3.8, 4) is 11.5 Å². The molecule has 0 fully saturated rings. The number of rotatable bonds is 10. The number of benzene rings is 1. The number of likely N-dealkylation sites (N-methyl/N-ethyl adjacent to an activating group) is 1. The van der Waals surface area contributed by atoms with E-state index in [1.807, 2.05) is 36.7 Å². The normalized spacial score (nSPS) is 13.4. The molecule has 9 nitrogen and oxygen atoms in total. The van der Waals surface area contributed by atoms with Crippen LogP contribution in [0.25, 0.3) is 10.9 Å². The monoisotopic (exact) mass is 462 g/mol. The topological polar surface area (TPSA) is 102 Å². The van der Waals surface area contributed by atoms with E-state index in [2.05, 4.69) is 10.6 Å². The van der Waals surface area contributed by atoms with Gasteiger partial charge >= 0.3 is 0 Å². The molecule has 0 radical (unpaired) electrons. The van der Waals surface area contributed by atoms with Gasteiger partial charge < -0.3 is 29.6 Å². The van der Waals surface area contributed by atoms with E-state index in [4.69, 9.17) is 9.47 Å².